The van der Waals surface area contributed by atoms with Crippen molar-refractivity contribution in [2.75, 3.05) is 20.3 Å². The number of benzene rings is 3. The van der Waals surface area contributed by atoms with Crippen LogP contribution in [-0.4, -0.2) is 31.2 Å². The molecule has 3 aromatic carbocycles. The van der Waals surface area contributed by atoms with Crippen molar-refractivity contribution in [3.8, 4) is 23.0 Å². The first-order valence-corrected chi connectivity index (χ1v) is 12.7. The standard InChI is InChI=1S/C31H30N2O5/c1-3-36-31(34)27-20-38-30(33-27)24-11-7-10-21(16-24)12-13-26-25-18-28(35-2)29(17-23(25)14-15-32-26)37-19-22-8-5-4-6-9-22/h4-13,16-18,20,26,32H,3,14-15,19H2,1-2H3/b13-12+. The average molecular weight is 511 g/mol. The normalized spacial score (nSPS) is 14.7. The molecular formula is C31H30N2O5. The minimum absolute atomic E-state index is 0.0247. The van der Waals surface area contributed by atoms with Gasteiger partial charge in [0.2, 0.25) is 5.89 Å². The predicted octanol–water partition coefficient (Wildman–Crippen LogP) is 6.01. The van der Waals surface area contributed by atoms with Gasteiger partial charge in [-0.15, -0.1) is 0 Å². The highest BCUT2D eigenvalue weighted by molar-refractivity contribution is 5.87. The molecule has 7 heteroatoms. The van der Waals surface area contributed by atoms with Crippen LogP contribution in [0.4, 0.5) is 0 Å². The number of hydrogen-bond donors (Lipinski definition) is 1. The number of oxazole rings is 1. The van der Waals surface area contributed by atoms with Crippen molar-refractivity contribution in [3.63, 3.8) is 0 Å². The van der Waals surface area contributed by atoms with E-state index in [0.717, 1.165) is 35.4 Å². The predicted molar refractivity (Wildman–Crippen MR) is 145 cm³/mol. The number of rotatable bonds is 9. The van der Waals surface area contributed by atoms with Gasteiger partial charge in [-0.25, -0.2) is 9.78 Å². The molecule has 1 unspecified atom stereocenters. The van der Waals surface area contributed by atoms with E-state index in [1.54, 1.807) is 14.0 Å². The summed E-state index contributed by atoms with van der Waals surface area (Å²) in [6.07, 6.45) is 6.44. The van der Waals surface area contributed by atoms with Gasteiger partial charge < -0.3 is 23.9 Å². The Hall–Kier alpha value is -4.36. The number of nitrogens with one attached hydrogen (secondary N) is 1. The molecule has 0 saturated heterocycles. The molecule has 4 aromatic rings. The lowest BCUT2D eigenvalue weighted by Gasteiger charge is -2.26. The van der Waals surface area contributed by atoms with Gasteiger partial charge in [0, 0.05) is 12.1 Å². The first-order valence-electron chi connectivity index (χ1n) is 12.7. The third kappa shape index (κ3) is 5.79. The molecule has 1 N–H and O–H groups in total. The van der Waals surface area contributed by atoms with E-state index >= 15 is 0 Å². The quantitative estimate of drug-likeness (QED) is 0.276. The topological polar surface area (TPSA) is 82.8 Å². The Kier molecular flexibility index (Phi) is 7.85. The monoisotopic (exact) mass is 510 g/mol. The van der Waals surface area contributed by atoms with Crippen molar-refractivity contribution >= 4 is 12.0 Å². The first kappa shape index (κ1) is 25.3. The number of methoxy groups -OCH3 is 1. The zero-order valence-electron chi connectivity index (χ0n) is 21.5. The van der Waals surface area contributed by atoms with Crippen LogP contribution in [-0.2, 0) is 17.8 Å². The van der Waals surface area contributed by atoms with E-state index in [4.69, 9.17) is 18.6 Å². The minimum atomic E-state index is -0.496. The lowest BCUT2D eigenvalue weighted by atomic mass is 9.93. The molecule has 0 aliphatic carbocycles. The summed E-state index contributed by atoms with van der Waals surface area (Å²) in [5, 5.41) is 3.58. The van der Waals surface area contributed by atoms with Crippen LogP contribution >= 0.6 is 0 Å². The SMILES string of the molecule is CCOC(=O)c1coc(-c2cccc(/C=C/C3NCCc4cc(OCc5ccccc5)c(OC)cc43)c2)n1. The Labute approximate surface area is 222 Å². The largest absolute Gasteiger partial charge is 0.493 e. The van der Waals surface area contributed by atoms with E-state index in [9.17, 15) is 4.79 Å². The zero-order valence-corrected chi connectivity index (χ0v) is 21.5. The fourth-order valence-electron chi connectivity index (χ4n) is 4.46. The van der Waals surface area contributed by atoms with Crippen LogP contribution in [0.1, 0.15) is 45.7 Å². The van der Waals surface area contributed by atoms with Gasteiger partial charge in [-0.3, -0.25) is 0 Å². The van der Waals surface area contributed by atoms with Crippen molar-refractivity contribution in [1.29, 1.82) is 0 Å². The molecule has 1 atom stereocenters. The average Bonchev–Trinajstić information content (AvgIpc) is 3.46. The molecule has 38 heavy (non-hydrogen) atoms. The van der Waals surface area contributed by atoms with Crippen LogP contribution in [0.2, 0.25) is 0 Å². The Morgan fingerprint density at radius 1 is 1.11 bits per heavy atom. The maximum Gasteiger partial charge on any atom is 0.360 e. The lowest BCUT2D eigenvalue weighted by molar-refractivity contribution is 0.0519. The number of carbonyl (C=O) groups excluding carboxylic acids is 1. The molecule has 5 rings (SSSR count). The highest BCUT2D eigenvalue weighted by atomic mass is 16.5. The summed E-state index contributed by atoms with van der Waals surface area (Å²) < 4.78 is 22.3. The lowest BCUT2D eigenvalue weighted by Crippen LogP contribution is -2.28. The summed E-state index contributed by atoms with van der Waals surface area (Å²) in [5.41, 5.74) is 5.44. The Morgan fingerprint density at radius 2 is 1.97 bits per heavy atom. The van der Waals surface area contributed by atoms with E-state index in [2.05, 4.69) is 34.6 Å². The number of carbonyl (C=O) groups is 1. The van der Waals surface area contributed by atoms with E-state index in [-0.39, 0.29) is 18.3 Å². The number of nitrogens with zero attached hydrogens (tertiary/aromatic N) is 1. The van der Waals surface area contributed by atoms with Crippen LogP contribution in [0, 0.1) is 0 Å². The Morgan fingerprint density at radius 3 is 2.79 bits per heavy atom. The Balaban J connectivity index is 1.33. The van der Waals surface area contributed by atoms with Gasteiger partial charge in [0.1, 0.15) is 12.9 Å². The zero-order chi connectivity index (χ0) is 26.3. The third-order valence-electron chi connectivity index (χ3n) is 6.36. The summed E-state index contributed by atoms with van der Waals surface area (Å²) >= 11 is 0. The van der Waals surface area contributed by atoms with Gasteiger partial charge in [0.15, 0.2) is 17.2 Å². The number of aromatic nitrogens is 1. The molecule has 0 bridgehead atoms. The van der Waals surface area contributed by atoms with Crippen LogP contribution in [0.3, 0.4) is 0 Å². The van der Waals surface area contributed by atoms with Crippen molar-refractivity contribution < 1.29 is 23.4 Å². The molecular weight excluding hydrogens is 480 g/mol. The number of ether oxygens (including phenoxy) is 3. The Bertz CT molecular complexity index is 1430. The van der Waals surface area contributed by atoms with E-state index in [0.29, 0.717) is 18.2 Å². The van der Waals surface area contributed by atoms with E-state index in [1.165, 1.54) is 17.4 Å². The molecule has 1 aromatic heterocycles. The van der Waals surface area contributed by atoms with E-state index in [1.807, 2.05) is 54.6 Å². The molecule has 0 saturated carbocycles. The van der Waals surface area contributed by atoms with Crippen LogP contribution in [0.25, 0.3) is 17.5 Å². The van der Waals surface area contributed by atoms with Crippen LogP contribution in [0.5, 0.6) is 11.5 Å². The second-order valence-electron chi connectivity index (χ2n) is 8.90. The van der Waals surface area contributed by atoms with Gasteiger partial charge >= 0.3 is 5.97 Å². The van der Waals surface area contributed by atoms with Crippen LogP contribution < -0.4 is 14.8 Å². The van der Waals surface area contributed by atoms with Gasteiger partial charge in [-0.1, -0.05) is 54.6 Å². The van der Waals surface area contributed by atoms with Gasteiger partial charge in [-0.05, 0) is 59.9 Å². The second kappa shape index (κ2) is 11.8. The molecule has 1 aliphatic rings. The molecule has 0 spiro atoms. The number of esters is 1. The first-order chi connectivity index (χ1) is 18.6. The summed E-state index contributed by atoms with van der Waals surface area (Å²) in [7, 11) is 1.67. The smallest absolute Gasteiger partial charge is 0.360 e. The maximum atomic E-state index is 11.9. The maximum absolute atomic E-state index is 11.9. The van der Waals surface area contributed by atoms with Crippen LogP contribution in [0.15, 0.2) is 83.5 Å². The minimum Gasteiger partial charge on any atom is -0.493 e. The van der Waals surface area contributed by atoms with Crippen molar-refractivity contribution in [2.24, 2.45) is 0 Å². The fourth-order valence-corrected chi connectivity index (χ4v) is 4.46. The molecule has 0 radical (unpaired) electrons. The third-order valence-corrected chi connectivity index (χ3v) is 6.36. The fraction of sp³-hybridized carbons (Fsp3) is 0.226. The number of hydrogen-bond acceptors (Lipinski definition) is 7. The molecule has 0 amide bonds. The summed E-state index contributed by atoms with van der Waals surface area (Å²) in [4.78, 5) is 16.2. The van der Waals surface area contributed by atoms with Gasteiger partial charge in [0.25, 0.3) is 0 Å². The summed E-state index contributed by atoms with van der Waals surface area (Å²) in [5.74, 6) is 1.34. The molecule has 7 nitrogen and oxygen atoms in total. The summed E-state index contributed by atoms with van der Waals surface area (Å²) in [6.45, 7) is 3.38. The molecule has 194 valence electrons. The van der Waals surface area contributed by atoms with E-state index < -0.39 is 5.97 Å². The highest BCUT2D eigenvalue weighted by Gasteiger charge is 2.21. The van der Waals surface area contributed by atoms with Crippen molar-refractivity contribution in [2.45, 2.75) is 26.0 Å². The molecule has 0 fully saturated rings. The second-order valence-corrected chi connectivity index (χ2v) is 8.90. The number of fused-ring (bicyclic) bond motifs is 1. The molecule has 2 heterocycles. The van der Waals surface area contributed by atoms with Gasteiger partial charge in [0.05, 0.1) is 19.8 Å². The van der Waals surface area contributed by atoms with Crippen molar-refractivity contribution in [3.05, 3.63) is 107 Å². The van der Waals surface area contributed by atoms with Gasteiger partial charge in [-0.2, -0.15) is 0 Å². The van der Waals surface area contributed by atoms with Crippen molar-refractivity contribution in [1.82, 2.24) is 10.3 Å². The molecule has 1 aliphatic heterocycles. The summed E-state index contributed by atoms with van der Waals surface area (Å²) in [6, 6.07) is 22.1. The highest BCUT2D eigenvalue weighted by Crippen LogP contribution is 2.36.